The van der Waals surface area contributed by atoms with Crippen LogP contribution in [-0.4, -0.2) is 49.6 Å². The highest BCUT2D eigenvalue weighted by atomic mass is 16.5. The summed E-state index contributed by atoms with van der Waals surface area (Å²) in [6.07, 6.45) is 0.880. The molecule has 1 amide bonds. The number of ether oxygens (including phenoxy) is 1. The summed E-state index contributed by atoms with van der Waals surface area (Å²) >= 11 is 0. The second-order valence-electron chi connectivity index (χ2n) is 3.22. The predicted octanol–water partition coefficient (Wildman–Crippen LogP) is -0.629. The van der Waals surface area contributed by atoms with Gasteiger partial charge in [-0.3, -0.25) is 14.5 Å². The van der Waals surface area contributed by atoms with E-state index in [4.69, 9.17) is 4.74 Å². The number of carbonyl (C=O) groups excluding carboxylic acids is 2. The van der Waals surface area contributed by atoms with Crippen molar-refractivity contribution in [2.45, 2.75) is 13.3 Å². The van der Waals surface area contributed by atoms with Gasteiger partial charge in [0.05, 0.1) is 19.7 Å². The maximum atomic E-state index is 11.1. The zero-order valence-corrected chi connectivity index (χ0v) is 8.41. The molecule has 0 aromatic heterocycles. The molecule has 5 nitrogen and oxygen atoms in total. The lowest BCUT2D eigenvalue weighted by Crippen LogP contribution is -2.36. The third-order valence-electron chi connectivity index (χ3n) is 2.00. The van der Waals surface area contributed by atoms with E-state index in [2.05, 4.69) is 5.32 Å². The van der Waals surface area contributed by atoms with Crippen molar-refractivity contribution in [3.63, 3.8) is 0 Å². The fourth-order valence-corrected chi connectivity index (χ4v) is 1.39. The quantitative estimate of drug-likeness (QED) is 0.616. The van der Waals surface area contributed by atoms with Gasteiger partial charge in [0.15, 0.2) is 0 Å². The number of esters is 1. The van der Waals surface area contributed by atoms with E-state index in [9.17, 15) is 9.59 Å². The minimum Gasteiger partial charge on any atom is -0.465 e. The zero-order valence-electron chi connectivity index (χ0n) is 8.41. The maximum absolute atomic E-state index is 11.1. The van der Waals surface area contributed by atoms with Crippen LogP contribution in [0.25, 0.3) is 0 Å². The Morgan fingerprint density at radius 3 is 3.14 bits per heavy atom. The molecular formula is C9H16N2O3. The highest BCUT2D eigenvalue weighted by Crippen LogP contribution is 1.96. The summed E-state index contributed by atoms with van der Waals surface area (Å²) in [5.74, 6) is -0.283. The minimum atomic E-state index is -0.262. The first-order valence-corrected chi connectivity index (χ1v) is 4.87. The Hall–Kier alpha value is -1.10. The number of nitrogens with zero attached hydrogens (tertiary/aromatic N) is 1. The van der Waals surface area contributed by atoms with Crippen LogP contribution in [-0.2, 0) is 14.3 Å². The van der Waals surface area contributed by atoms with Gasteiger partial charge >= 0.3 is 5.97 Å². The van der Waals surface area contributed by atoms with Gasteiger partial charge in [0.1, 0.15) is 0 Å². The maximum Gasteiger partial charge on any atom is 0.320 e. The highest BCUT2D eigenvalue weighted by Gasteiger charge is 2.17. The van der Waals surface area contributed by atoms with Crippen LogP contribution in [0.1, 0.15) is 13.3 Å². The molecule has 1 fully saturated rings. The number of rotatable bonds is 3. The van der Waals surface area contributed by atoms with Crippen LogP contribution in [0.4, 0.5) is 0 Å². The normalized spacial score (nSPS) is 18.5. The summed E-state index contributed by atoms with van der Waals surface area (Å²) in [5, 5.41) is 2.75. The van der Waals surface area contributed by atoms with Crippen molar-refractivity contribution in [2.75, 3.05) is 32.8 Å². The monoisotopic (exact) mass is 200 g/mol. The van der Waals surface area contributed by atoms with Crippen LogP contribution in [0.15, 0.2) is 0 Å². The molecule has 5 heteroatoms. The Kier molecular flexibility index (Phi) is 4.39. The molecule has 80 valence electrons. The molecule has 0 atom stereocenters. The molecule has 1 rings (SSSR count). The topological polar surface area (TPSA) is 58.6 Å². The van der Waals surface area contributed by atoms with Crippen molar-refractivity contribution < 1.29 is 14.3 Å². The number of hydrogen-bond acceptors (Lipinski definition) is 4. The van der Waals surface area contributed by atoms with Crippen LogP contribution in [0.5, 0.6) is 0 Å². The molecule has 0 aromatic carbocycles. The van der Waals surface area contributed by atoms with Crippen molar-refractivity contribution in [3.8, 4) is 0 Å². The summed E-state index contributed by atoms with van der Waals surface area (Å²) in [7, 11) is 0. The molecule has 0 spiro atoms. The highest BCUT2D eigenvalue weighted by molar-refractivity contribution is 5.79. The molecule has 0 unspecified atom stereocenters. The van der Waals surface area contributed by atoms with Gasteiger partial charge in [-0.05, 0) is 13.3 Å². The molecular weight excluding hydrogens is 184 g/mol. The van der Waals surface area contributed by atoms with Crippen LogP contribution in [0, 0.1) is 0 Å². The van der Waals surface area contributed by atoms with E-state index >= 15 is 0 Å². The Labute approximate surface area is 83.4 Å². The van der Waals surface area contributed by atoms with Gasteiger partial charge in [0.2, 0.25) is 5.91 Å². The molecule has 0 saturated carbocycles. The van der Waals surface area contributed by atoms with E-state index in [1.807, 2.05) is 0 Å². The molecule has 14 heavy (non-hydrogen) atoms. The predicted molar refractivity (Wildman–Crippen MR) is 50.7 cm³/mol. The van der Waals surface area contributed by atoms with Crippen molar-refractivity contribution in [2.24, 2.45) is 0 Å². The van der Waals surface area contributed by atoms with Crippen LogP contribution in [0.2, 0.25) is 0 Å². The first kappa shape index (κ1) is 11.0. The lowest BCUT2D eigenvalue weighted by Gasteiger charge is -2.16. The molecule has 0 aromatic rings. The molecule has 1 heterocycles. The molecule has 0 radical (unpaired) electrons. The Bertz CT molecular complexity index is 218. The number of hydrogen-bond donors (Lipinski definition) is 1. The Morgan fingerprint density at radius 1 is 1.64 bits per heavy atom. The van der Waals surface area contributed by atoms with Gasteiger partial charge in [0.25, 0.3) is 0 Å². The van der Waals surface area contributed by atoms with Crippen molar-refractivity contribution in [1.29, 1.82) is 0 Å². The van der Waals surface area contributed by atoms with Gasteiger partial charge in [-0.1, -0.05) is 0 Å². The van der Waals surface area contributed by atoms with Crippen molar-refractivity contribution >= 4 is 11.9 Å². The fraction of sp³-hybridized carbons (Fsp3) is 0.778. The fourth-order valence-electron chi connectivity index (χ4n) is 1.39. The van der Waals surface area contributed by atoms with Gasteiger partial charge < -0.3 is 10.1 Å². The van der Waals surface area contributed by atoms with Gasteiger partial charge in [-0.2, -0.15) is 0 Å². The number of carbonyl (C=O) groups is 2. The molecule has 1 saturated heterocycles. The number of amides is 1. The Balaban J connectivity index is 2.34. The summed E-state index contributed by atoms with van der Waals surface area (Å²) in [6, 6.07) is 0. The number of nitrogens with one attached hydrogen (secondary N) is 1. The van der Waals surface area contributed by atoms with E-state index in [-0.39, 0.29) is 18.4 Å². The largest absolute Gasteiger partial charge is 0.465 e. The first-order chi connectivity index (χ1) is 6.72. The lowest BCUT2D eigenvalue weighted by molar-refractivity contribution is -0.144. The standard InChI is InChI=1S/C9H16N2O3/c1-2-14-9(13)7-11-5-3-4-10-8(12)6-11/h2-7H2,1H3,(H,10,12). The van der Waals surface area contributed by atoms with Gasteiger partial charge in [0, 0.05) is 13.1 Å². The SMILES string of the molecule is CCOC(=O)CN1CCCNC(=O)C1. The van der Waals surface area contributed by atoms with E-state index in [0.717, 1.165) is 13.0 Å². The second-order valence-corrected chi connectivity index (χ2v) is 3.22. The van der Waals surface area contributed by atoms with E-state index < -0.39 is 0 Å². The van der Waals surface area contributed by atoms with Crippen molar-refractivity contribution in [1.82, 2.24) is 10.2 Å². The summed E-state index contributed by atoms with van der Waals surface area (Å²) < 4.78 is 4.81. The van der Waals surface area contributed by atoms with Gasteiger partial charge in [-0.25, -0.2) is 0 Å². The molecule has 0 aliphatic carbocycles. The molecule has 1 aliphatic heterocycles. The van der Waals surface area contributed by atoms with Gasteiger partial charge in [-0.15, -0.1) is 0 Å². The average Bonchev–Trinajstić information content (AvgIpc) is 2.30. The molecule has 0 bridgehead atoms. The lowest BCUT2D eigenvalue weighted by atomic mass is 10.4. The van der Waals surface area contributed by atoms with Crippen molar-refractivity contribution in [3.05, 3.63) is 0 Å². The average molecular weight is 200 g/mol. The summed E-state index contributed by atoms with van der Waals surface area (Å²) in [5.41, 5.74) is 0. The van der Waals surface area contributed by atoms with E-state index in [1.54, 1.807) is 11.8 Å². The minimum absolute atomic E-state index is 0.0215. The van der Waals surface area contributed by atoms with Crippen LogP contribution >= 0.6 is 0 Å². The van der Waals surface area contributed by atoms with Crippen LogP contribution < -0.4 is 5.32 Å². The molecule has 1 aliphatic rings. The second kappa shape index (κ2) is 5.59. The first-order valence-electron chi connectivity index (χ1n) is 4.87. The Morgan fingerprint density at radius 2 is 2.43 bits per heavy atom. The van der Waals surface area contributed by atoms with Crippen LogP contribution in [0.3, 0.4) is 0 Å². The third kappa shape index (κ3) is 3.74. The third-order valence-corrected chi connectivity index (χ3v) is 2.00. The van der Waals surface area contributed by atoms with E-state index in [0.29, 0.717) is 19.7 Å². The van der Waals surface area contributed by atoms with E-state index in [1.165, 1.54) is 0 Å². The summed E-state index contributed by atoms with van der Waals surface area (Å²) in [4.78, 5) is 24.1. The zero-order chi connectivity index (χ0) is 10.4. The smallest absolute Gasteiger partial charge is 0.320 e. The molecule has 1 N–H and O–H groups in total. The summed E-state index contributed by atoms with van der Waals surface area (Å²) in [6.45, 7) is 4.11.